The number of rotatable bonds is 5. The highest BCUT2D eigenvalue weighted by Gasteiger charge is 2.79. The summed E-state index contributed by atoms with van der Waals surface area (Å²) in [5.74, 6) is -16.6. The monoisotopic (exact) mass is 412 g/mol. The van der Waals surface area contributed by atoms with E-state index < -0.39 is 41.3 Å². The standard InChI is InChI=1S/C9H3F11N2O2S/c10-5(7(13,14)15,3(23)22-4-21-1-2-25-4)24-9(19,20)6(11,12)8(16,17)18/h1-2H,(H,21,22,23)/t5-/m0/s1. The molecule has 0 radical (unpaired) electrons. The second kappa shape index (κ2) is 6.22. The van der Waals surface area contributed by atoms with Crippen LogP contribution < -0.4 is 5.32 Å². The van der Waals surface area contributed by atoms with Gasteiger partial charge in [-0.2, -0.15) is 48.3 Å². The lowest BCUT2D eigenvalue weighted by atomic mass is 10.2. The van der Waals surface area contributed by atoms with E-state index >= 15 is 0 Å². The van der Waals surface area contributed by atoms with Crippen LogP contribution in [0.5, 0.6) is 0 Å². The maximum Gasteiger partial charge on any atom is 0.462 e. The number of thiazole rings is 1. The van der Waals surface area contributed by atoms with Gasteiger partial charge in [0.05, 0.1) is 0 Å². The smallest absolute Gasteiger partial charge is 0.297 e. The molecule has 144 valence electrons. The lowest BCUT2D eigenvalue weighted by Crippen LogP contribution is -2.62. The maximum atomic E-state index is 13.7. The number of nitrogens with one attached hydrogen (secondary N) is 1. The number of carbonyl (C=O) groups is 1. The first-order chi connectivity index (χ1) is 11.0. The third-order valence-corrected chi connectivity index (χ3v) is 2.99. The van der Waals surface area contributed by atoms with E-state index in [-0.39, 0.29) is 0 Å². The third-order valence-electron chi connectivity index (χ3n) is 2.30. The van der Waals surface area contributed by atoms with Crippen molar-refractivity contribution in [2.75, 3.05) is 5.32 Å². The molecule has 0 spiro atoms. The highest BCUT2D eigenvalue weighted by Crippen LogP contribution is 2.51. The van der Waals surface area contributed by atoms with Gasteiger partial charge < -0.3 is 0 Å². The number of ether oxygens (including phenoxy) is 1. The average Bonchev–Trinajstić information content (AvgIpc) is 2.87. The van der Waals surface area contributed by atoms with E-state index in [1.165, 1.54) is 0 Å². The molecule has 0 saturated heterocycles. The van der Waals surface area contributed by atoms with Crippen LogP contribution in [0.15, 0.2) is 11.6 Å². The minimum Gasteiger partial charge on any atom is -0.297 e. The van der Waals surface area contributed by atoms with Crippen LogP contribution in [-0.2, 0) is 9.53 Å². The molecule has 0 unspecified atom stereocenters. The summed E-state index contributed by atoms with van der Waals surface area (Å²) in [5.41, 5.74) is 0. The van der Waals surface area contributed by atoms with Gasteiger partial charge in [-0.1, -0.05) is 0 Å². The van der Waals surface area contributed by atoms with Gasteiger partial charge in [0.1, 0.15) is 0 Å². The molecule has 16 heteroatoms. The summed E-state index contributed by atoms with van der Waals surface area (Å²) in [6.07, 6.45) is -20.1. The van der Waals surface area contributed by atoms with Crippen molar-refractivity contribution in [3.8, 4) is 0 Å². The lowest BCUT2D eigenvalue weighted by Gasteiger charge is -2.33. The molecular formula is C9H3F11N2O2S. The normalized spacial score (nSPS) is 16.4. The predicted molar refractivity (Wildman–Crippen MR) is 57.7 cm³/mol. The largest absolute Gasteiger partial charge is 0.462 e. The summed E-state index contributed by atoms with van der Waals surface area (Å²) in [5, 5.41) is 1.19. The van der Waals surface area contributed by atoms with Crippen molar-refractivity contribution in [1.82, 2.24) is 4.98 Å². The highest BCUT2D eigenvalue weighted by atomic mass is 32.1. The van der Waals surface area contributed by atoms with Crippen molar-refractivity contribution in [2.45, 2.75) is 30.2 Å². The molecule has 4 nitrogen and oxygen atoms in total. The van der Waals surface area contributed by atoms with Gasteiger partial charge in [0.15, 0.2) is 5.13 Å². The van der Waals surface area contributed by atoms with Gasteiger partial charge in [-0.25, -0.2) is 4.98 Å². The van der Waals surface area contributed by atoms with Gasteiger partial charge in [0.2, 0.25) is 0 Å². The SMILES string of the molecule is O=C(Nc1nccs1)[C@](F)(OC(F)(F)C(F)(F)C(F)(F)F)C(F)(F)F. The summed E-state index contributed by atoms with van der Waals surface area (Å²) < 4.78 is 140. The van der Waals surface area contributed by atoms with Crippen LogP contribution in [0.2, 0.25) is 0 Å². The second-order valence-electron chi connectivity index (χ2n) is 4.08. The maximum absolute atomic E-state index is 13.7. The van der Waals surface area contributed by atoms with Crippen LogP contribution in [0.1, 0.15) is 0 Å². The van der Waals surface area contributed by atoms with E-state index in [0.717, 1.165) is 16.9 Å². The molecule has 1 aromatic rings. The van der Waals surface area contributed by atoms with Gasteiger partial charge in [-0.3, -0.25) is 14.8 Å². The van der Waals surface area contributed by atoms with Crippen molar-refractivity contribution in [2.24, 2.45) is 0 Å². The van der Waals surface area contributed by atoms with Crippen molar-refractivity contribution in [1.29, 1.82) is 0 Å². The fraction of sp³-hybridized carbons (Fsp3) is 0.556. The summed E-state index contributed by atoms with van der Waals surface area (Å²) in [7, 11) is 0. The van der Waals surface area contributed by atoms with Crippen LogP contribution in [-0.4, -0.2) is 41.1 Å². The molecule has 25 heavy (non-hydrogen) atoms. The van der Waals surface area contributed by atoms with E-state index in [0.29, 0.717) is 11.3 Å². The van der Waals surface area contributed by atoms with Crippen LogP contribution in [0, 0.1) is 0 Å². The predicted octanol–water partition coefficient (Wildman–Crippen LogP) is 4.12. The summed E-state index contributed by atoms with van der Waals surface area (Å²) in [6, 6.07) is 0. The van der Waals surface area contributed by atoms with Crippen LogP contribution >= 0.6 is 11.3 Å². The zero-order valence-corrected chi connectivity index (χ0v) is 11.8. The molecule has 0 saturated carbocycles. The Bertz CT molecular complexity index is 612. The fourth-order valence-electron chi connectivity index (χ4n) is 1.10. The van der Waals surface area contributed by atoms with E-state index in [4.69, 9.17) is 0 Å². The van der Waals surface area contributed by atoms with Crippen molar-refractivity contribution < 1.29 is 57.8 Å². The van der Waals surface area contributed by atoms with Gasteiger partial charge in [-0.05, 0) is 0 Å². The Morgan fingerprint density at radius 1 is 0.960 bits per heavy atom. The van der Waals surface area contributed by atoms with Crippen molar-refractivity contribution in [3.63, 3.8) is 0 Å². The fourth-order valence-corrected chi connectivity index (χ4v) is 1.63. The Morgan fingerprint density at radius 3 is 1.84 bits per heavy atom. The van der Waals surface area contributed by atoms with Gasteiger partial charge in [0.25, 0.3) is 0 Å². The first-order valence-corrected chi connectivity index (χ1v) is 6.33. The molecule has 1 N–H and O–H groups in total. The first kappa shape index (κ1) is 21.3. The highest BCUT2D eigenvalue weighted by molar-refractivity contribution is 7.13. The number of nitrogens with zero attached hydrogens (tertiary/aromatic N) is 1. The van der Waals surface area contributed by atoms with Crippen LogP contribution in [0.25, 0.3) is 0 Å². The second-order valence-corrected chi connectivity index (χ2v) is 4.97. The number of hydrogen-bond donors (Lipinski definition) is 1. The molecular weight excluding hydrogens is 409 g/mol. The Hall–Kier alpha value is -1.71. The molecule has 0 aliphatic carbocycles. The molecule has 0 bridgehead atoms. The van der Waals surface area contributed by atoms with Gasteiger partial charge in [0, 0.05) is 11.6 Å². The number of carbonyl (C=O) groups excluding carboxylic acids is 1. The minimum atomic E-state index is -7.23. The third kappa shape index (κ3) is 3.94. The molecule has 0 aromatic carbocycles. The Kier molecular flexibility index (Phi) is 5.31. The van der Waals surface area contributed by atoms with Gasteiger partial charge >= 0.3 is 36.1 Å². The van der Waals surface area contributed by atoms with Crippen LogP contribution in [0.3, 0.4) is 0 Å². The van der Waals surface area contributed by atoms with E-state index in [1.807, 2.05) is 0 Å². The molecule has 1 aromatic heterocycles. The average molecular weight is 412 g/mol. The Balaban J connectivity index is 3.25. The number of alkyl halides is 11. The Labute approximate surface area is 133 Å². The van der Waals surface area contributed by atoms with E-state index in [9.17, 15) is 53.1 Å². The number of anilines is 1. The quantitative estimate of drug-likeness (QED) is 0.741. The molecule has 1 amide bonds. The van der Waals surface area contributed by atoms with Crippen LogP contribution in [0.4, 0.5) is 53.4 Å². The topological polar surface area (TPSA) is 51.2 Å². The summed E-state index contributed by atoms with van der Waals surface area (Å²) in [6.45, 7) is 0. The van der Waals surface area contributed by atoms with Gasteiger partial charge in [-0.15, -0.1) is 11.3 Å². The number of halogens is 11. The van der Waals surface area contributed by atoms with Crippen molar-refractivity contribution >= 4 is 22.4 Å². The molecule has 0 aliphatic rings. The zero-order valence-electron chi connectivity index (χ0n) is 11.0. The zero-order chi connectivity index (χ0) is 19.9. The number of hydrogen-bond acceptors (Lipinski definition) is 4. The number of amides is 1. The van der Waals surface area contributed by atoms with Crippen molar-refractivity contribution in [3.05, 3.63) is 11.6 Å². The molecule has 1 rings (SSSR count). The molecule has 1 heterocycles. The first-order valence-electron chi connectivity index (χ1n) is 5.45. The summed E-state index contributed by atoms with van der Waals surface area (Å²) >= 11 is 0.358. The lowest BCUT2D eigenvalue weighted by molar-refractivity contribution is -0.472. The Morgan fingerprint density at radius 2 is 1.48 bits per heavy atom. The molecule has 0 aliphatic heterocycles. The molecule has 0 fully saturated rings. The summed E-state index contributed by atoms with van der Waals surface area (Å²) in [4.78, 5) is 14.3. The minimum absolute atomic E-state index is 0.358. The van der Waals surface area contributed by atoms with E-state index in [1.54, 1.807) is 0 Å². The number of aromatic nitrogens is 1. The van der Waals surface area contributed by atoms with E-state index in [2.05, 4.69) is 9.72 Å². The molecule has 1 atom stereocenters.